The highest BCUT2D eigenvalue weighted by molar-refractivity contribution is 7.17. The van der Waals surface area contributed by atoms with Gasteiger partial charge in [-0.3, -0.25) is 9.69 Å². The molecule has 0 bridgehead atoms. The zero-order valence-corrected chi connectivity index (χ0v) is 17.8. The third kappa shape index (κ3) is 5.24. The summed E-state index contributed by atoms with van der Waals surface area (Å²) in [6.45, 7) is 7.26. The van der Waals surface area contributed by atoms with Crippen LogP contribution in [0.2, 0.25) is 0 Å². The SMILES string of the molecule is CCOC(=O)c1sc(NC(=O)CN2CCN(c3ccccc3OC)CC2)nc1C. The van der Waals surface area contributed by atoms with Crippen LogP contribution < -0.4 is 15.0 Å². The van der Waals surface area contributed by atoms with Gasteiger partial charge in [-0.05, 0) is 26.0 Å². The summed E-state index contributed by atoms with van der Waals surface area (Å²) >= 11 is 1.14. The lowest BCUT2D eigenvalue weighted by atomic mass is 10.2. The molecule has 1 aliphatic heterocycles. The third-order valence-electron chi connectivity index (χ3n) is 4.67. The van der Waals surface area contributed by atoms with E-state index in [0.29, 0.717) is 22.3 Å². The van der Waals surface area contributed by atoms with Gasteiger partial charge in [0.05, 0.1) is 31.6 Å². The maximum Gasteiger partial charge on any atom is 0.350 e. The highest BCUT2D eigenvalue weighted by Crippen LogP contribution is 2.28. The monoisotopic (exact) mass is 418 g/mol. The Kier molecular flexibility index (Phi) is 7.05. The fraction of sp³-hybridized carbons (Fsp3) is 0.450. The van der Waals surface area contributed by atoms with Crippen molar-refractivity contribution in [1.29, 1.82) is 0 Å². The Morgan fingerprint density at radius 3 is 2.62 bits per heavy atom. The van der Waals surface area contributed by atoms with Gasteiger partial charge in [-0.1, -0.05) is 23.5 Å². The van der Waals surface area contributed by atoms with Crippen molar-refractivity contribution in [3.05, 3.63) is 34.8 Å². The van der Waals surface area contributed by atoms with Gasteiger partial charge in [0.2, 0.25) is 5.91 Å². The van der Waals surface area contributed by atoms with Crippen LogP contribution in [-0.4, -0.2) is 68.2 Å². The van der Waals surface area contributed by atoms with Crippen molar-refractivity contribution in [1.82, 2.24) is 9.88 Å². The van der Waals surface area contributed by atoms with E-state index in [1.165, 1.54) is 0 Å². The Labute approximate surface area is 174 Å². The zero-order valence-electron chi connectivity index (χ0n) is 16.9. The third-order valence-corrected chi connectivity index (χ3v) is 5.72. The van der Waals surface area contributed by atoms with Crippen LogP contribution >= 0.6 is 11.3 Å². The summed E-state index contributed by atoms with van der Waals surface area (Å²) in [6, 6.07) is 7.96. The standard InChI is InChI=1S/C20H26N4O4S/c1-4-28-19(26)18-14(2)21-20(29-18)22-17(25)13-23-9-11-24(12-10-23)15-7-5-6-8-16(15)27-3/h5-8H,4,9-13H2,1-3H3,(H,21,22,25). The molecule has 2 aromatic rings. The predicted octanol–water partition coefficient (Wildman–Crippen LogP) is 2.40. The minimum atomic E-state index is -0.407. The predicted molar refractivity (Wildman–Crippen MR) is 113 cm³/mol. The molecule has 0 aliphatic carbocycles. The summed E-state index contributed by atoms with van der Waals surface area (Å²) in [4.78, 5) is 33.4. The van der Waals surface area contributed by atoms with E-state index in [1.54, 1.807) is 21.0 Å². The normalized spacial score (nSPS) is 14.5. The molecule has 1 aliphatic rings. The number of carbonyl (C=O) groups excluding carboxylic acids is 2. The number of anilines is 2. The molecular formula is C20H26N4O4S. The molecule has 1 fully saturated rings. The molecule has 3 rings (SSSR count). The molecule has 0 radical (unpaired) electrons. The molecule has 2 heterocycles. The van der Waals surface area contributed by atoms with E-state index in [4.69, 9.17) is 9.47 Å². The number of thiazole rings is 1. The van der Waals surface area contributed by atoms with Crippen molar-refractivity contribution >= 4 is 34.0 Å². The average molecular weight is 419 g/mol. The van der Waals surface area contributed by atoms with Crippen LogP contribution in [0.25, 0.3) is 0 Å². The first-order chi connectivity index (χ1) is 14.0. The Balaban J connectivity index is 1.51. The minimum absolute atomic E-state index is 0.139. The summed E-state index contributed by atoms with van der Waals surface area (Å²) in [5, 5.41) is 3.21. The number of nitrogens with one attached hydrogen (secondary N) is 1. The van der Waals surface area contributed by atoms with Crippen molar-refractivity contribution in [3.8, 4) is 5.75 Å². The zero-order chi connectivity index (χ0) is 20.8. The van der Waals surface area contributed by atoms with Crippen molar-refractivity contribution in [2.45, 2.75) is 13.8 Å². The Bertz CT molecular complexity index is 862. The van der Waals surface area contributed by atoms with Gasteiger partial charge in [-0.25, -0.2) is 9.78 Å². The topological polar surface area (TPSA) is 84.0 Å². The highest BCUT2D eigenvalue weighted by atomic mass is 32.1. The van der Waals surface area contributed by atoms with E-state index in [1.807, 2.05) is 24.3 Å². The molecular weight excluding hydrogens is 392 g/mol. The van der Waals surface area contributed by atoms with Gasteiger partial charge in [0.1, 0.15) is 10.6 Å². The summed E-state index contributed by atoms with van der Waals surface area (Å²) < 4.78 is 10.5. The van der Waals surface area contributed by atoms with E-state index < -0.39 is 5.97 Å². The van der Waals surface area contributed by atoms with Crippen LogP contribution in [0.15, 0.2) is 24.3 Å². The Morgan fingerprint density at radius 1 is 1.21 bits per heavy atom. The number of hydrogen-bond acceptors (Lipinski definition) is 8. The quantitative estimate of drug-likeness (QED) is 0.691. The van der Waals surface area contributed by atoms with Crippen molar-refractivity contribution in [3.63, 3.8) is 0 Å². The molecule has 1 aromatic carbocycles. The summed E-state index contributed by atoms with van der Waals surface area (Å²) in [7, 11) is 1.67. The number of amides is 1. The number of ether oxygens (including phenoxy) is 2. The van der Waals surface area contributed by atoms with Gasteiger partial charge < -0.3 is 19.7 Å². The Morgan fingerprint density at radius 2 is 1.93 bits per heavy atom. The average Bonchev–Trinajstić information content (AvgIpc) is 3.08. The second kappa shape index (κ2) is 9.71. The van der Waals surface area contributed by atoms with Crippen LogP contribution in [-0.2, 0) is 9.53 Å². The van der Waals surface area contributed by atoms with Gasteiger partial charge >= 0.3 is 5.97 Å². The molecule has 156 valence electrons. The smallest absolute Gasteiger partial charge is 0.350 e. The minimum Gasteiger partial charge on any atom is -0.495 e. The van der Waals surface area contributed by atoms with Gasteiger partial charge in [-0.2, -0.15) is 0 Å². The van der Waals surface area contributed by atoms with E-state index in [9.17, 15) is 9.59 Å². The van der Waals surface area contributed by atoms with Crippen LogP contribution in [0.3, 0.4) is 0 Å². The fourth-order valence-electron chi connectivity index (χ4n) is 3.24. The van der Waals surface area contributed by atoms with E-state index >= 15 is 0 Å². The molecule has 0 atom stereocenters. The lowest BCUT2D eigenvalue weighted by molar-refractivity contribution is -0.117. The molecule has 29 heavy (non-hydrogen) atoms. The van der Waals surface area contributed by atoms with Gasteiger partial charge in [0.25, 0.3) is 0 Å². The molecule has 9 heteroatoms. The molecule has 1 aromatic heterocycles. The number of nitrogens with zero attached hydrogens (tertiary/aromatic N) is 3. The molecule has 0 saturated carbocycles. The molecule has 1 amide bonds. The van der Waals surface area contributed by atoms with Gasteiger partial charge in [0.15, 0.2) is 5.13 Å². The molecule has 1 N–H and O–H groups in total. The van der Waals surface area contributed by atoms with E-state index in [0.717, 1.165) is 49.0 Å². The number of para-hydroxylation sites is 2. The number of hydrogen-bond donors (Lipinski definition) is 1. The fourth-order valence-corrected chi connectivity index (χ4v) is 4.11. The number of benzene rings is 1. The molecule has 0 spiro atoms. The second-order valence-corrected chi connectivity index (χ2v) is 7.64. The first-order valence-corrected chi connectivity index (χ1v) is 10.4. The van der Waals surface area contributed by atoms with Crippen LogP contribution in [0.4, 0.5) is 10.8 Å². The highest BCUT2D eigenvalue weighted by Gasteiger charge is 2.22. The summed E-state index contributed by atoms with van der Waals surface area (Å²) in [5.74, 6) is 0.311. The van der Waals surface area contributed by atoms with Crippen molar-refractivity contribution < 1.29 is 19.1 Å². The first-order valence-electron chi connectivity index (χ1n) is 9.56. The number of carbonyl (C=O) groups is 2. The van der Waals surface area contributed by atoms with Gasteiger partial charge in [0, 0.05) is 26.2 Å². The number of methoxy groups -OCH3 is 1. The van der Waals surface area contributed by atoms with Crippen LogP contribution in [0.5, 0.6) is 5.75 Å². The number of esters is 1. The molecule has 0 unspecified atom stereocenters. The lowest BCUT2D eigenvalue weighted by Crippen LogP contribution is -2.48. The maximum absolute atomic E-state index is 12.4. The first kappa shape index (κ1) is 21.1. The number of piperazine rings is 1. The Hall–Kier alpha value is -2.65. The lowest BCUT2D eigenvalue weighted by Gasteiger charge is -2.36. The number of aromatic nitrogens is 1. The number of aryl methyl sites for hydroxylation is 1. The van der Waals surface area contributed by atoms with Gasteiger partial charge in [-0.15, -0.1) is 0 Å². The largest absolute Gasteiger partial charge is 0.495 e. The second-order valence-electron chi connectivity index (χ2n) is 6.64. The van der Waals surface area contributed by atoms with Crippen LogP contribution in [0.1, 0.15) is 22.3 Å². The van der Waals surface area contributed by atoms with E-state index in [-0.39, 0.29) is 12.5 Å². The molecule has 1 saturated heterocycles. The molecule has 8 nitrogen and oxygen atoms in total. The maximum atomic E-state index is 12.4. The van der Waals surface area contributed by atoms with Crippen LogP contribution in [0, 0.1) is 6.92 Å². The number of rotatable bonds is 7. The van der Waals surface area contributed by atoms with E-state index in [2.05, 4.69) is 20.1 Å². The van der Waals surface area contributed by atoms with Crippen molar-refractivity contribution in [2.24, 2.45) is 0 Å². The summed E-state index contributed by atoms with van der Waals surface area (Å²) in [6.07, 6.45) is 0. The summed E-state index contributed by atoms with van der Waals surface area (Å²) in [5.41, 5.74) is 1.64. The van der Waals surface area contributed by atoms with Crippen molar-refractivity contribution in [2.75, 3.05) is 56.7 Å².